The summed E-state index contributed by atoms with van der Waals surface area (Å²) in [6.07, 6.45) is 0. The SMILES string of the molecule is COc1ccc(NC(=O)c2sc3cccc(Cl)c3c2Cl)c([N+](=O)[O-])c1. The average Bonchev–Trinajstić information content (AvgIpc) is 2.93. The molecule has 0 unspecified atom stereocenters. The van der Waals surface area contributed by atoms with E-state index in [1.54, 1.807) is 18.2 Å². The molecule has 0 saturated carbocycles. The third kappa shape index (κ3) is 3.26. The number of anilines is 1. The van der Waals surface area contributed by atoms with Gasteiger partial charge in [-0.25, -0.2) is 0 Å². The standard InChI is InChI=1S/C16H10Cl2N2O4S/c1-24-8-5-6-10(11(7-8)20(22)23)19-16(21)15-14(18)13-9(17)3-2-4-12(13)25-15/h2-7H,1H3,(H,19,21). The second kappa shape index (κ2) is 6.87. The maximum absolute atomic E-state index is 12.6. The van der Waals surface area contributed by atoms with Gasteiger partial charge in [-0.2, -0.15) is 0 Å². The van der Waals surface area contributed by atoms with Gasteiger partial charge in [0.15, 0.2) is 0 Å². The second-order valence-electron chi connectivity index (χ2n) is 4.95. The van der Waals surface area contributed by atoms with Gasteiger partial charge in [0, 0.05) is 10.1 Å². The molecule has 25 heavy (non-hydrogen) atoms. The van der Waals surface area contributed by atoms with E-state index in [4.69, 9.17) is 27.9 Å². The van der Waals surface area contributed by atoms with Gasteiger partial charge < -0.3 is 10.1 Å². The van der Waals surface area contributed by atoms with Crippen LogP contribution in [0.2, 0.25) is 10.0 Å². The van der Waals surface area contributed by atoms with E-state index in [-0.39, 0.29) is 21.3 Å². The van der Waals surface area contributed by atoms with Crippen molar-refractivity contribution in [1.29, 1.82) is 0 Å². The number of nitro benzene ring substituents is 1. The summed E-state index contributed by atoms with van der Waals surface area (Å²) in [5, 5.41) is 15.0. The van der Waals surface area contributed by atoms with Crippen molar-refractivity contribution in [2.45, 2.75) is 0 Å². The Kier molecular flexibility index (Phi) is 4.80. The van der Waals surface area contributed by atoms with Crippen LogP contribution in [-0.4, -0.2) is 17.9 Å². The van der Waals surface area contributed by atoms with E-state index in [0.717, 1.165) is 16.0 Å². The first-order valence-electron chi connectivity index (χ1n) is 6.92. The highest BCUT2D eigenvalue weighted by Gasteiger charge is 2.22. The summed E-state index contributed by atoms with van der Waals surface area (Å²) < 4.78 is 5.73. The molecule has 0 saturated heterocycles. The highest BCUT2D eigenvalue weighted by molar-refractivity contribution is 7.21. The van der Waals surface area contributed by atoms with E-state index in [1.165, 1.54) is 25.3 Å². The molecule has 0 spiro atoms. The number of methoxy groups -OCH3 is 1. The summed E-state index contributed by atoms with van der Waals surface area (Å²) in [5.41, 5.74) is -0.224. The number of nitrogens with one attached hydrogen (secondary N) is 1. The Bertz CT molecular complexity index is 1000. The van der Waals surface area contributed by atoms with Gasteiger partial charge in [-0.3, -0.25) is 14.9 Å². The van der Waals surface area contributed by atoms with Crippen LogP contribution >= 0.6 is 34.5 Å². The van der Waals surface area contributed by atoms with Crippen LogP contribution in [0.5, 0.6) is 5.75 Å². The maximum atomic E-state index is 12.6. The van der Waals surface area contributed by atoms with E-state index in [0.29, 0.717) is 16.2 Å². The Morgan fingerprint density at radius 1 is 1.28 bits per heavy atom. The number of halogens is 2. The Morgan fingerprint density at radius 2 is 2.04 bits per heavy atom. The molecular formula is C16H10Cl2N2O4S. The van der Waals surface area contributed by atoms with Gasteiger partial charge in [0.05, 0.1) is 28.1 Å². The Labute approximate surface area is 156 Å². The first-order valence-corrected chi connectivity index (χ1v) is 8.50. The third-order valence-corrected chi connectivity index (χ3v) is 5.42. The highest BCUT2D eigenvalue weighted by Crippen LogP contribution is 2.40. The summed E-state index contributed by atoms with van der Waals surface area (Å²) in [4.78, 5) is 23.4. The number of carbonyl (C=O) groups excluding carboxylic acids is 1. The lowest BCUT2D eigenvalue weighted by Crippen LogP contribution is -2.12. The fraction of sp³-hybridized carbons (Fsp3) is 0.0625. The number of hydrogen-bond acceptors (Lipinski definition) is 5. The average molecular weight is 397 g/mol. The molecule has 0 aliphatic heterocycles. The lowest BCUT2D eigenvalue weighted by molar-refractivity contribution is -0.384. The normalized spacial score (nSPS) is 10.7. The minimum Gasteiger partial charge on any atom is -0.496 e. The van der Waals surface area contributed by atoms with Gasteiger partial charge in [-0.1, -0.05) is 29.3 Å². The number of carbonyl (C=O) groups is 1. The number of fused-ring (bicyclic) bond motifs is 1. The quantitative estimate of drug-likeness (QED) is 0.474. The second-order valence-corrected chi connectivity index (χ2v) is 6.79. The number of thiophene rings is 1. The lowest BCUT2D eigenvalue weighted by atomic mass is 10.2. The molecule has 1 N–H and O–H groups in total. The fourth-order valence-electron chi connectivity index (χ4n) is 2.29. The molecule has 0 fully saturated rings. The molecular weight excluding hydrogens is 387 g/mol. The molecule has 2 aromatic carbocycles. The number of benzene rings is 2. The number of ether oxygens (including phenoxy) is 1. The summed E-state index contributed by atoms with van der Waals surface area (Å²) in [5.74, 6) is -0.230. The monoisotopic (exact) mass is 396 g/mol. The van der Waals surface area contributed by atoms with E-state index in [9.17, 15) is 14.9 Å². The molecule has 0 radical (unpaired) electrons. The molecule has 3 rings (SSSR count). The zero-order valence-electron chi connectivity index (χ0n) is 12.7. The van der Waals surface area contributed by atoms with Crippen LogP contribution in [0.15, 0.2) is 36.4 Å². The zero-order valence-corrected chi connectivity index (χ0v) is 15.0. The van der Waals surface area contributed by atoms with Gasteiger partial charge in [0.2, 0.25) is 0 Å². The first kappa shape index (κ1) is 17.5. The van der Waals surface area contributed by atoms with Crippen molar-refractivity contribution in [3.8, 4) is 5.75 Å². The predicted molar refractivity (Wildman–Crippen MR) is 99.4 cm³/mol. The van der Waals surface area contributed by atoms with E-state index in [2.05, 4.69) is 5.32 Å². The van der Waals surface area contributed by atoms with Crippen LogP contribution in [0.1, 0.15) is 9.67 Å². The number of amides is 1. The zero-order chi connectivity index (χ0) is 18.1. The molecule has 0 bridgehead atoms. The van der Waals surface area contributed by atoms with Crippen molar-refractivity contribution in [3.05, 3.63) is 61.4 Å². The number of hydrogen-bond donors (Lipinski definition) is 1. The van der Waals surface area contributed by atoms with Gasteiger partial charge in [0.25, 0.3) is 11.6 Å². The van der Waals surface area contributed by atoms with Crippen molar-refractivity contribution in [3.63, 3.8) is 0 Å². The maximum Gasteiger partial charge on any atom is 0.296 e. The Morgan fingerprint density at radius 3 is 2.68 bits per heavy atom. The molecule has 1 aromatic heterocycles. The van der Waals surface area contributed by atoms with Crippen LogP contribution in [0.3, 0.4) is 0 Å². The van der Waals surface area contributed by atoms with Gasteiger partial charge in [-0.05, 0) is 24.3 Å². The topological polar surface area (TPSA) is 81.5 Å². The van der Waals surface area contributed by atoms with Crippen molar-refractivity contribution in [1.82, 2.24) is 0 Å². The van der Waals surface area contributed by atoms with E-state index < -0.39 is 10.8 Å². The number of nitrogens with zero attached hydrogens (tertiary/aromatic N) is 1. The van der Waals surface area contributed by atoms with Crippen molar-refractivity contribution < 1.29 is 14.5 Å². The van der Waals surface area contributed by atoms with Crippen LogP contribution in [-0.2, 0) is 0 Å². The molecule has 0 atom stereocenters. The van der Waals surface area contributed by atoms with E-state index in [1.807, 2.05) is 0 Å². The van der Waals surface area contributed by atoms with Gasteiger partial charge in [-0.15, -0.1) is 11.3 Å². The number of rotatable bonds is 4. The van der Waals surface area contributed by atoms with Gasteiger partial charge >= 0.3 is 0 Å². The van der Waals surface area contributed by atoms with Crippen molar-refractivity contribution in [2.75, 3.05) is 12.4 Å². The largest absolute Gasteiger partial charge is 0.496 e. The van der Waals surface area contributed by atoms with Crippen LogP contribution < -0.4 is 10.1 Å². The summed E-state index contributed by atoms with van der Waals surface area (Å²) in [7, 11) is 1.40. The van der Waals surface area contributed by atoms with E-state index >= 15 is 0 Å². The molecule has 1 heterocycles. The van der Waals surface area contributed by atoms with Crippen LogP contribution in [0, 0.1) is 10.1 Å². The lowest BCUT2D eigenvalue weighted by Gasteiger charge is -2.07. The predicted octanol–water partition coefficient (Wildman–Crippen LogP) is 5.38. The molecule has 6 nitrogen and oxygen atoms in total. The Hall–Kier alpha value is -2.35. The minimum atomic E-state index is -0.596. The molecule has 9 heteroatoms. The van der Waals surface area contributed by atoms with Gasteiger partial charge in [0.1, 0.15) is 16.3 Å². The summed E-state index contributed by atoms with van der Waals surface area (Å²) in [6, 6.07) is 9.39. The molecule has 1 amide bonds. The highest BCUT2D eigenvalue weighted by atomic mass is 35.5. The molecule has 0 aliphatic rings. The summed E-state index contributed by atoms with van der Waals surface area (Å²) >= 11 is 13.6. The van der Waals surface area contributed by atoms with Crippen LogP contribution in [0.4, 0.5) is 11.4 Å². The fourth-order valence-corrected chi connectivity index (χ4v) is 4.14. The number of nitro groups is 1. The minimum absolute atomic E-state index is 0.0513. The van der Waals surface area contributed by atoms with Crippen LogP contribution in [0.25, 0.3) is 10.1 Å². The molecule has 128 valence electrons. The first-order chi connectivity index (χ1) is 11.9. The smallest absolute Gasteiger partial charge is 0.296 e. The third-order valence-electron chi connectivity index (χ3n) is 3.46. The van der Waals surface area contributed by atoms with Crippen molar-refractivity contribution >= 4 is 61.9 Å². The molecule has 3 aromatic rings. The summed E-state index contributed by atoms with van der Waals surface area (Å²) in [6.45, 7) is 0. The van der Waals surface area contributed by atoms with Crippen molar-refractivity contribution in [2.24, 2.45) is 0 Å². The Balaban J connectivity index is 2.00. The molecule has 0 aliphatic carbocycles.